The van der Waals surface area contributed by atoms with E-state index in [2.05, 4.69) is 0 Å². The third-order valence-corrected chi connectivity index (χ3v) is 8.56. The average molecular weight is 701 g/mol. The van der Waals surface area contributed by atoms with Crippen molar-refractivity contribution in [3.05, 3.63) is 93.2 Å². The van der Waals surface area contributed by atoms with Crippen molar-refractivity contribution in [2.75, 3.05) is 6.61 Å². The van der Waals surface area contributed by atoms with Crippen LogP contribution in [0.5, 0.6) is 34.5 Å². The number of aromatic hydroxyl groups is 5. The molecule has 51 heavy (non-hydrogen) atoms. The Hall–Kier alpha value is -6.10. The number of aliphatic hydroxyl groups excluding tert-OH is 4. The van der Waals surface area contributed by atoms with E-state index in [4.69, 9.17) is 18.3 Å². The molecule has 9 N–H and O–H groups in total. The third kappa shape index (κ3) is 5.74. The summed E-state index contributed by atoms with van der Waals surface area (Å²) in [5, 5.41) is 92.5. The Morgan fingerprint density at radius 3 is 1.53 bits per heavy atom. The summed E-state index contributed by atoms with van der Waals surface area (Å²) in [5.41, 5.74) is -2.42. The minimum atomic E-state index is -1.66. The van der Waals surface area contributed by atoms with Gasteiger partial charge in [-0.2, -0.15) is 0 Å². The van der Waals surface area contributed by atoms with Crippen LogP contribution in [0.3, 0.4) is 0 Å². The molecule has 0 aliphatic carbocycles. The maximum atomic E-state index is 13.5. The van der Waals surface area contributed by atoms with E-state index in [9.17, 15) is 55.5 Å². The summed E-state index contributed by atoms with van der Waals surface area (Å²) in [4.78, 5) is 26.8. The van der Waals surface area contributed by atoms with Gasteiger partial charge in [0, 0.05) is 35.4 Å². The van der Waals surface area contributed by atoms with Gasteiger partial charge in [-0.05, 0) is 48.5 Å². The Kier molecular flexibility index (Phi) is 8.29. The van der Waals surface area contributed by atoms with E-state index in [-0.39, 0.29) is 45.1 Å². The first-order valence-electron chi connectivity index (χ1n) is 15.3. The molecule has 1 saturated heterocycles. The molecule has 1 aliphatic rings. The number of ether oxygens (including phenoxy) is 2. The van der Waals surface area contributed by atoms with E-state index in [0.29, 0.717) is 5.56 Å². The van der Waals surface area contributed by atoms with Crippen molar-refractivity contribution in [2.45, 2.75) is 30.7 Å². The highest BCUT2D eigenvalue weighted by Gasteiger charge is 2.44. The van der Waals surface area contributed by atoms with Crippen molar-refractivity contribution in [1.29, 1.82) is 0 Å². The predicted octanol–water partition coefficient (Wildman–Crippen LogP) is 2.61. The van der Waals surface area contributed by atoms with Crippen LogP contribution in [-0.2, 0) is 4.74 Å². The fraction of sp³-hybridized carbons (Fsp3) is 0.167. The molecule has 0 radical (unpaired) electrons. The Morgan fingerprint density at radius 1 is 0.588 bits per heavy atom. The highest BCUT2D eigenvalue weighted by Crippen LogP contribution is 2.49. The van der Waals surface area contributed by atoms with Gasteiger partial charge in [-0.15, -0.1) is 0 Å². The van der Waals surface area contributed by atoms with Crippen molar-refractivity contribution < 1.29 is 64.3 Å². The molecule has 5 unspecified atom stereocenters. The van der Waals surface area contributed by atoms with Crippen LogP contribution in [0.25, 0.3) is 55.7 Å². The summed E-state index contributed by atoms with van der Waals surface area (Å²) >= 11 is 0. The molecule has 1 aliphatic heterocycles. The lowest BCUT2D eigenvalue weighted by Crippen LogP contribution is -2.60. The SMILES string of the molecule is O=c1cc(-c2ccc(O)cc2)oc2c(-c3c(O)cc(O)c4c(=O)cc(-c5ccc(OC6OC(CO)C(O)C(O)C6O)cc5)oc34)c(O)cc(O)c12. The molecule has 0 bridgehead atoms. The van der Waals surface area contributed by atoms with Crippen molar-refractivity contribution in [1.82, 2.24) is 0 Å². The zero-order valence-corrected chi connectivity index (χ0v) is 26.0. The maximum Gasteiger partial charge on any atom is 0.229 e. The number of phenols is 5. The summed E-state index contributed by atoms with van der Waals surface area (Å²) in [6.45, 7) is -0.652. The Morgan fingerprint density at radius 2 is 1.06 bits per heavy atom. The van der Waals surface area contributed by atoms with E-state index in [0.717, 1.165) is 24.3 Å². The number of hydrogen-bond acceptors (Lipinski definition) is 15. The molecular weight excluding hydrogens is 672 g/mol. The summed E-state index contributed by atoms with van der Waals surface area (Å²) in [6.07, 6.45) is -7.55. The molecule has 15 nitrogen and oxygen atoms in total. The van der Waals surface area contributed by atoms with E-state index in [1.165, 1.54) is 48.5 Å². The summed E-state index contributed by atoms with van der Waals surface area (Å²) < 4.78 is 23.1. The lowest BCUT2D eigenvalue weighted by Gasteiger charge is -2.39. The van der Waals surface area contributed by atoms with Crippen LogP contribution in [-0.4, -0.2) is 83.3 Å². The lowest BCUT2D eigenvalue weighted by molar-refractivity contribution is -0.277. The van der Waals surface area contributed by atoms with Crippen LogP contribution in [0.2, 0.25) is 0 Å². The van der Waals surface area contributed by atoms with Gasteiger partial charge < -0.3 is 64.3 Å². The van der Waals surface area contributed by atoms with Gasteiger partial charge in [-0.25, -0.2) is 0 Å². The third-order valence-electron chi connectivity index (χ3n) is 8.56. The van der Waals surface area contributed by atoms with Crippen LogP contribution in [0, 0.1) is 0 Å². The lowest BCUT2D eigenvalue weighted by atomic mass is 9.96. The number of fused-ring (bicyclic) bond motifs is 2. The topological polar surface area (TPSA) is 261 Å². The molecule has 3 heterocycles. The van der Waals surface area contributed by atoms with Crippen LogP contribution >= 0.6 is 0 Å². The van der Waals surface area contributed by atoms with Crippen molar-refractivity contribution >= 4 is 21.9 Å². The fourth-order valence-corrected chi connectivity index (χ4v) is 5.99. The number of rotatable bonds is 6. The highest BCUT2D eigenvalue weighted by molar-refractivity contribution is 6.08. The second kappa shape index (κ2) is 12.7. The first kappa shape index (κ1) is 33.4. The van der Waals surface area contributed by atoms with Gasteiger partial charge in [-0.1, -0.05) is 0 Å². The number of phenolic OH excluding ortho intramolecular Hbond substituents is 5. The average Bonchev–Trinajstić information content (AvgIpc) is 3.09. The quantitative estimate of drug-likeness (QED) is 0.121. The second-order valence-electron chi connectivity index (χ2n) is 11.8. The van der Waals surface area contributed by atoms with Gasteiger partial charge in [0.15, 0.2) is 22.0 Å². The Bertz CT molecular complexity index is 2410. The molecule has 0 amide bonds. The maximum absolute atomic E-state index is 13.5. The number of benzene rings is 4. The Balaban J connectivity index is 1.36. The molecule has 7 rings (SSSR count). The minimum Gasteiger partial charge on any atom is -0.508 e. The van der Waals surface area contributed by atoms with Gasteiger partial charge in [0.2, 0.25) is 6.29 Å². The van der Waals surface area contributed by atoms with Crippen LogP contribution < -0.4 is 15.6 Å². The molecular formula is C36H28O15. The first-order valence-corrected chi connectivity index (χ1v) is 15.3. The van der Waals surface area contributed by atoms with E-state index >= 15 is 0 Å². The smallest absolute Gasteiger partial charge is 0.229 e. The molecule has 0 saturated carbocycles. The van der Waals surface area contributed by atoms with Gasteiger partial charge in [0.25, 0.3) is 0 Å². The van der Waals surface area contributed by atoms with Crippen molar-refractivity contribution in [3.63, 3.8) is 0 Å². The van der Waals surface area contributed by atoms with E-state index in [1.54, 1.807) is 0 Å². The van der Waals surface area contributed by atoms with Gasteiger partial charge in [0.1, 0.15) is 81.2 Å². The van der Waals surface area contributed by atoms with Crippen molar-refractivity contribution in [2.24, 2.45) is 0 Å². The van der Waals surface area contributed by atoms with Crippen molar-refractivity contribution in [3.8, 4) is 68.3 Å². The van der Waals surface area contributed by atoms with Crippen LogP contribution in [0.1, 0.15) is 0 Å². The molecule has 6 aromatic rings. The summed E-state index contributed by atoms with van der Waals surface area (Å²) in [6, 6.07) is 15.2. The molecule has 5 atom stereocenters. The van der Waals surface area contributed by atoms with E-state index in [1.807, 2.05) is 0 Å². The first-order chi connectivity index (χ1) is 24.4. The fourth-order valence-electron chi connectivity index (χ4n) is 5.99. The van der Waals surface area contributed by atoms with E-state index < -0.39 is 87.7 Å². The standard InChI is InChI=1S/C36H28O15/c37-13-26-31(45)32(46)33(47)36(51-26)48-17-7-3-15(4-8-17)25-12-23(44)28-19(40)10-21(42)30(35(28)50-25)29-20(41)9-18(39)27-22(43)11-24(49-34(27)29)14-1-5-16(38)6-2-14/h1-12,26,31-33,36-42,45-47H,13H2. The van der Waals surface area contributed by atoms with Crippen LogP contribution in [0.15, 0.2) is 91.2 Å². The zero-order valence-electron chi connectivity index (χ0n) is 26.0. The molecule has 4 aromatic carbocycles. The highest BCUT2D eigenvalue weighted by atomic mass is 16.7. The molecule has 15 heteroatoms. The number of aliphatic hydroxyl groups is 4. The minimum absolute atomic E-state index is 0.0329. The molecule has 0 spiro atoms. The number of hydrogen-bond donors (Lipinski definition) is 9. The van der Waals surface area contributed by atoms with Crippen LogP contribution in [0.4, 0.5) is 0 Å². The summed E-state index contributed by atoms with van der Waals surface area (Å²) in [7, 11) is 0. The van der Waals surface area contributed by atoms with Gasteiger partial charge in [0.05, 0.1) is 17.7 Å². The second-order valence-corrected chi connectivity index (χ2v) is 11.8. The predicted molar refractivity (Wildman–Crippen MR) is 178 cm³/mol. The monoisotopic (exact) mass is 700 g/mol. The molecule has 1 fully saturated rings. The summed E-state index contributed by atoms with van der Waals surface area (Å²) in [5.74, 6) is -2.75. The molecule has 2 aromatic heterocycles. The molecule has 262 valence electrons. The zero-order chi connectivity index (χ0) is 36.3. The van der Waals surface area contributed by atoms with Gasteiger partial charge >= 0.3 is 0 Å². The normalized spacial score (nSPS) is 20.5. The Labute approximate surface area is 284 Å². The van der Waals surface area contributed by atoms with Gasteiger partial charge in [-0.3, -0.25) is 9.59 Å². The largest absolute Gasteiger partial charge is 0.508 e.